The zero-order valence-electron chi connectivity index (χ0n) is 7.83. The van der Waals surface area contributed by atoms with E-state index in [4.69, 9.17) is 16.0 Å². The Labute approximate surface area is 92.7 Å². The first-order valence-electron chi connectivity index (χ1n) is 4.49. The number of halogens is 1. The van der Waals surface area contributed by atoms with Gasteiger partial charge in [0.25, 0.3) is 5.56 Å². The molecule has 6 heteroatoms. The maximum absolute atomic E-state index is 11.5. The van der Waals surface area contributed by atoms with Gasteiger partial charge in [-0.05, 0) is 18.2 Å². The third kappa shape index (κ3) is 1.18. The Morgan fingerprint density at radius 3 is 2.81 bits per heavy atom. The van der Waals surface area contributed by atoms with Crippen molar-refractivity contribution in [3.63, 3.8) is 0 Å². The minimum Gasteiger partial charge on any atom is -0.449 e. The summed E-state index contributed by atoms with van der Waals surface area (Å²) in [7, 11) is 0. The van der Waals surface area contributed by atoms with Crippen molar-refractivity contribution < 1.29 is 4.42 Å². The zero-order chi connectivity index (χ0) is 11.3. The molecule has 0 saturated heterocycles. The van der Waals surface area contributed by atoms with Crippen LogP contribution in [0.1, 0.15) is 0 Å². The van der Waals surface area contributed by atoms with Crippen molar-refractivity contribution in [3.8, 4) is 0 Å². The van der Waals surface area contributed by atoms with Crippen LogP contribution in [0.5, 0.6) is 0 Å². The summed E-state index contributed by atoms with van der Waals surface area (Å²) in [5.41, 5.74) is -0.152. The predicted molar refractivity (Wildman–Crippen MR) is 60.0 cm³/mol. The summed E-state index contributed by atoms with van der Waals surface area (Å²) in [4.78, 5) is 27.2. The van der Waals surface area contributed by atoms with Gasteiger partial charge < -0.3 is 9.40 Å². The lowest BCUT2D eigenvalue weighted by molar-refractivity contribution is 0.660. The number of fused-ring (bicyclic) bond motifs is 3. The predicted octanol–water partition coefficient (Wildman–Crippen LogP) is 1.62. The lowest BCUT2D eigenvalue weighted by atomic mass is 10.2. The summed E-state index contributed by atoms with van der Waals surface area (Å²) in [5.74, 6) is 0. The van der Waals surface area contributed by atoms with E-state index in [0.29, 0.717) is 21.5 Å². The van der Waals surface area contributed by atoms with Gasteiger partial charge in [-0.15, -0.1) is 0 Å². The Kier molecular flexibility index (Phi) is 1.73. The Hall–Kier alpha value is -2.01. The van der Waals surface area contributed by atoms with Gasteiger partial charge in [0.05, 0.1) is 0 Å². The number of H-pyrrole nitrogens is 2. The second-order valence-electron chi connectivity index (χ2n) is 3.35. The van der Waals surface area contributed by atoms with Gasteiger partial charge >= 0.3 is 5.69 Å². The molecule has 0 unspecified atom stereocenters. The molecule has 2 N–H and O–H groups in total. The van der Waals surface area contributed by atoms with Crippen molar-refractivity contribution >= 4 is 33.7 Å². The van der Waals surface area contributed by atoms with E-state index in [1.807, 2.05) is 0 Å². The van der Waals surface area contributed by atoms with Crippen LogP contribution in [0, 0.1) is 0 Å². The number of aromatic nitrogens is 2. The highest BCUT2D eigenvalue weighted by Crippen LogP contribution is 2.26. The molecule has 0 saturated carbocycles. The Bertz CT molecular complexity index is 812. The largest absolute Gasteiger partial charge is 0.449 e. The van der Waals surface area contributed by atoms with Gasteiger partial charge in [-0.1, -0.05) is 11.6 Å². The summed E-state index contributed by atoms with van der Waals surface area (Å²) in [6, 6.07) is 4.94. The average molecular weight is 237 g/mol. The van der Waals surface area contributed by atoms with E-state index in [1.165, 1.54) is 0 Å². The molecule has 2 heterocycles. The van der Waals surface area contributed by atoms with Crippen LogP contribution in [-0.2, 0) is 0 Å². The second-order valence-corrected chi connectivity index (χ2v) is 3.79. The number of aromatic amines is 2. The Morgan fingerprint density at radius 1 is 1.19 bits per heavy atom. The molecule has 3 rings (SSSR count). The molecule has 0 aliphatic carbocycles. The highest BCUT2D eigenvalue weighted by atomic mass is 35.5. The van der Waals surface area contributed by atoms with Crippen molar-refractivity contribution in [3.05, 3.63) is 44.1 Å². The van der Waals surface area contributed by atoms with Crippen molar-refractivity contribution in [1.29, 1.82) is 0 Å². The molecule has 0 fully saturated rings. The minimum atomic E-state index is -0.569. The first-order valence-corrected chi connectivity index (χ1v) is 4.87. The first kappa shape index (κ1) is 9.23. The average Bonchev–Trinajstić information content (AvgIpc) is 2.57. The number of hydrogen-bond donors (Lipinski definition) is 2. The van der Waals surface area contributed by atoms with E-state index < -0.39 is 11.2 Å². The molecule has 0 amide bonds. The van der Waals surface area contributed by atoms with Crippen LogP contribution in [0.25, 0.3) is 22.1 Å². The summed E-state index contributed by atoms with van der Waals surface area (Å²) in [6.07, 6.45) is 0. The maximum atomic E-state index is 11.5. The fourth-order valence-corrected chi connectivity index (χ4v) is 1.83. The molecule has 0 bridgehead atoms. The molecular formula is C10H5ClN2O3. The van der Waals surface area contributed by atoms with Crippen molar-refractivity contribution in [1.82, 2.24) is 9.97 Å². The molecule has 2 aromatic heterocycles. The number of nitrogens with one attached hydrogen (secondary N) is 2. The van der Waals surface area contributed by atoms with Crippen molar-refractivity contribution in [2.45, 2.75) is 0 Å². The third-order valence-electron chi connectivity index (χ3n) is 2.32. The highest BCUT2D eigenvalue weighted by molar-refractivity contribution is 6.31. The quantitative estimate of drug-likeness (QED) is 0.622. The third-order valence-corrected chi connectivity index (χ3v) is 2.56. The fourth-order valence-electron chi connectivity index (χ4n) is 1.66. The molecule has 0 aliphatic rings. The van der Waals surface area contributed by atoms with Crippen LogP contribution in [0.15, 0.2) is 32.2 Å². The maximum Gasteiger partial charge on any atom is 0.326 e. The molecular weight excluding hydrogens is 232 g/mol. The number of furan rings is 1. The van der Waals surface area contributed by atoms with E-state index in [2.05, 4.69) is 9.97 Å². The normalized spacial score (nSPS) is 11.3. The fraction of sp³-hybridized carbons (Fsp3) is 0. The monoisotopic (exact) mass is 236 g/mol. The van der Waals surface area contributed by atoms with Crippen LogP contribution in [0.4, 0.5) is 0 Å². The smallest absolute Gasteiger partial charge is 0.326 e. The van der Waals surface area contributed by atoms with Gasteiger partial charge in [0.15, 0.2) is 0 Å². The van der Waals surface area contributed by atoms with Gasteiger partial charge in [0.2, 0.25) is 5.58 Å². The molecule has 0 spiro atoms. The van der Waals surface area contributed by atoms with Crippen LogP contribution in [-0.4, -0.2) is 9.97 Å². The van der Waals surface area contributed by atoms with Gasteiger partial charge in [0, 0.05) is 10.4 Å². The summed E-state index contributed by atoms with van der Waals surface area (Å²) >= 11 is 5.84. The Morgan fingerprint density at radius 2 is 2.00 bits per heavy atom. The van der Waals surface area contributed by atoms with Crippen LogP contribution in [0.3, 0.4) is 0 Å². The zero-order valence-corrected chi connectivity index (χ0v) is 8.59. The summed E-state index contributed by atoms with van der Waals surface area (Å²) in [6.45, 7) is 0. The molecule has 3 aromatic rings. The lowest BCUT2D eigenvalue weighted by Crippen LogP contribution is -2.20. The van der Waals surface area contributed by atoms with E-state index in [-0.39, 0.29) is 5.58 Å². The highest BCUT2D eigenvalue weighted by Gasteiger charge is 2.11. The SMILES string of the molecule is O=c1[nH]c(=O)c2oc3ccc(Cl)cc3c2[nH]1. The van der Waals surface area contributed by atoms with Gasteiger partial charge in [-0.2, -0.15) is 0 Å². The first-order chi connectivity index (χ1) is 7.65. The van der Waals surface area contributed by atoms with Crippen LogP contribution < -0.4 is 11.2 Å². The van der Waals surface area contributed by atoms with E-state index in [9.17, 15) is 9.59 Å². The van der Waals surface area contributed by atoms with Crippen LogP contribution >= 0.6 is 11.6 Å². The summed E-state index contributed by atoms with van der Waals surface area (Å²) < 4.78 is 5.32. The topological polar surface area (TPSA) is 78.9 Å². The molecule has 5 nitrogen and oxygen atoms in total. The molecule has 0 atom stereocenters. The second kappa shape index (κ2) is 2.99. The van der Waals surface area contributed by atoms with Crippen molar-refractivity contribution in [2.24, 2.45) is 0 Å². The van der Waals surface area contributed by atoms with Gasteiger partial charge in [-0.25, -0.2) is 4.79 Å². The van der Waals surface area contributed by atoms with Crippen molar-refractivity contribution in [2.75, 3.05) is 0 Å². The molecule has 0 aliphatic heterocycles. The lowest BCUT2D eigenvalue weighted by Gasteiger charge is -1.89. The molecule has 1 aromatic carbocycles. The standard InChI is InChI=1S/C10H5ClN2O3/c11-4-1-2-6-5(3-4)7-8(16-6)9(14)13-10(15)12-7/h1-3H,(H2,12,13,14,15). The van der Waals surface area contributed by atoms with Gasteiger partial charge in [0.1, 0.15) is 11.1 Å². The van der Waals surface area contributed by atoms with Crippen LogP contribution in [0.2, 0.25) is 5.02 Å². The molecule has 80 valence electrons. The number of hydrogen-bond acceptors (Lipinski definition) is 3. The van der Waals surface area contributed by atoms with E-state index >= 15 is 0 Å². The molecule has 0 radical (unpaired) electrons. The Balaban J connectivity index is 2.68. The number of benzene rings is 1. The van der Waals surface area contributed by atoms with E-state index in [0.717, 1.165) is 0 Å². The van der Waals surface area contributed by atoms with E-state index in [1.54, 1.807) is 18.2 Å². The minimum absolute atomic E-state index is 0.0943. The summed E-state index contributed by atoms with van der Waals surface area (Å²) in [5, 5.41) is 1.13. The number of rotatable bonds is 0. The molecule has 16 heavy (non-hydrogen) atoms. The van der Waals surface area contributed by atoms with Gasteiger partial charge in [-0.3, -0.25) is 9.78 Å².